The van der Waals surface area contributed by atoms with Gasteiger partial charge >= 0.3 is 0 Å². The lowest BCUT2D eigenvalue weighted by atomic mass is 10.2. The van der Waals surface area contributed by atoms with Crippen LogP contribution >= 0.6 is 0 Å². The van der Waals surface area contributed by atoms with Crippen molar-refractivity contribution in [1.29, 1.82) is 0 Å². The molecule has 1 aliphatic rings. The monoisotopic (exact) mass is 284 g/mol. The third-order valence-corrected chi connectivity index (χ3v) is 3.81. The molecule has 1 aliphatic carbocycles. The number of hydrogen-bond donors (Lipinski definition) is 1. The summed E-state index contributed by atoms with van der Waals surface area (Å²) in [6.07, 6.45) is 6.66. The van der Waals surface area contributed by atoms with Crippen molar-refractivity contribution in [3.8, 4) is 0 Å². The van der Waals surface area contributed by atoms with Crippen LogP contribution in [0.25, 0.3) is 0 Å². The SMILES string of the molecule is CN(CCc1ccccn1)C(=O)c1cc(N)cn1C1CC1. The van der Waals surface area contributed by atoms with Gasteiger partial charge in [0, 0.05) is 44.1 Å². The Labute approximate surface area is 124 Å². The number of rotatable bonds is 5. The standard InChI is InChI=1S/C16H20N4O/c1-19(9-7-13-4-2-3-8-18-13)16(21)15-10-12(17)11-20(15)14-5-6-14/h2-4,8,10-11,14H,5-7,9,17H2,1H3. The maximum absolute atomic E-state index is 12.6. The van der Waals surface area contributed by atoms with E-state index in [-0.39, 0.29) is 5.91 Å². The number of nitrogen functional groups attached to an aromatic ring is 1. The van der Waals surface area contributed by atoms with Gasteiger partial charge in [0.2, 0.25) is 0 Å². The highest BCUT2D eigenvalue weighted by atomic mass is 16.2. The van der Waals surface area contributed by atoms with Gasteiger partial charge in [-0.3, -0.25) is 9.78 Å². The number of nitrogens with zero attached hydrogens (tertiary/aromatic N) is 3. The number of likely N-dealkylation sites (N-methyl/N-ethyl adjacent to an activating group) is 1. The predicted molar refractivity (Wildman–Crippen MR) is 82.0 cm³/mol. The number of pyridine rings is 1. The smallest absolute Gasteiger partial charge is 0.270 e. The summed E-state index contributed by atoms with van der Waals surface area (Å²) in [4.78, 5) is 18.6. The molecule has 5 heteroatoms. The van der Waals surface area contributed by atoms with Crippen LogP contribution in [0.4, 0.5) is 5.69 Å². The van der Waals surface area contributed by atoms with Crippen molar-refractivity contribution in [1.82, 2.24) is 14.5 Å². The average molecular weight is 284 g/mol. The molecule has 3 rings (SSSR count). The number of carbonyl (C=O) groups excluding carboxylic acids is 1. The topological polar surface area (TPSA) is 64.2 Å². The first-order valence-corrected chi connectivity index (χ1v) is 7.28. The van der Waals surface area contributed by atoms with Gasteiger partial charge in [0.05, 0.1) is 5.69 Å². The van der Waals surface area contributed by atoms with Crippen LogP contribution in [0.3, 0.4) is 0 Å². The van der Waals surface area contributed by atoms with Gasteiger partial charge in [-0.2, -0.15) is 0 Å². The Morgan fingerprint density at radius 3 is 2.95 bits per heavy atom. The second-order valence-corrected chi connectivity index (χ2v) is 5.59. The molecule has 21 heavy (non-hydrogen) atoms. The van der Waals surface area contributed by atoms with E-state index in [0.717, 1.165) is 25.0 Å². The lowest BCUT2D eigenvalue weighted by Crippen LogP contribution is -2.30. The van der Waals surface area contributed by atoms with Crippen LogP contribution in [0.1, 0.15) is 35.1 Å². The fourth-order valence-corrected chi connectivity index (χ4v) is 2.45. The highest BCUT2D eigenvalue weighted by Crippen LogP contribution is 2.37. The molecule has 0 atom stereocenters. The molecule has 0 saturated heterocycles. The first-order valence-electron chi connectivity index (χ1n) is 7.28. The Morgan fingerprint density at radius 1 is 1.48 bits per heavy atom. The third-order valence-electron chi connectivity index (χ3n) is 3.81. The largest absolute Gasteiger partial charge is 0.397 e. The van der Waals surface area contributed by atoms with Crippen molar-refractivity contribution < 1.29 is 4.79 Å². The van der Waals surface area contributed by atoms with Crippen molar-refractivity contribution >= 4 is 11.6 Å². The molecule has 0 bridgehead atoms. The quantitative estimate of drug-likeness (QED) is 0.914. The first kappa shape index (κ1) is 13.7. The summed E-state index contributed by atoms with van der Waals surface area (Å²) in [6, 6.07) is 8.05. The number of nitrogens with two attached hydrogens (primary N) is 1. The van der Waals surface area contributed by atoms with E-state index in [9.17, 15) is 4.79 Å². The zero-order valence-corrected chi connectivity index (χ0v) is 12.2. The van der Waals surface area contributed by atoms with Gasteiger partial charge in [0.25, 0.3) is 5.91 Å². The summed E-state index contributed by atoms with van der Waals surface area (Å²) in [5, 5.41) is 0. The number of aromatic nitrogens is 2. The zero-order chi connectivity index (χ0) is 14.8. The van der Waals surface area contributed by atoms with E-state index in [1.165, 1.54) is 0 Å². The van der Waals surface area contributed by atoms with Crippen LogP contribution in [0.15, 0.2) is 36.7 Å². The van der Waals surface area contributed by atoms with Crippen LogP contribution in [-0.4, -0.2) is 34.0 Å². The fourth-order valence-electron chi connectivity index (χ4n) is 2.45. The molecule has 1 amide bonds. The minimum atomic E-state index is 0.0227. The van der Waals surface area contributed by atoms with Gasteiger partial charge in [0.1, 0.15) is 5.69 Å². The molecule has 110 valence electrons. The molecule has 0 aliphatic heterocycles. The van der Waals surface area contributed by atoms with E-state index < -0.39 is 0 Å². The molecule has 2 N–H and O–H groups in total. The van der Waals surface area contributed by atoms with Gasteiger partial charge < -0.3 is 15.2 Å². The maximum atomic E-state index is 12.6. The van der Waals surface area contributed by atoms with Crippen LogP contribution in [0.5, 0.6) is 0 Å². The van der Waals surface area contributed by atoms with Crippen molar-refractivity contribution in [2.45, 2.75) is 25.3 Å². The number of anilines is 1. The molecule has 2 aromatic heterocycles. The lowest BCUT2D eigenvalue weighted by molar-refractivity contribution is 0.0785. The fraction of sp³-hybridized carbons (Fsp3) is 0.375. The molecular formula is C16H20N4O. The third kappa shape index (κ3) is 3.07. The minimum Gasteiger partial charge on any atom is -0.397 e. The molecule has 0 spiro atoms. The molecular weight excluding hydrogens is 264 g/mol. The first-order chi connectivity index (χ1) is 10.1. The summed E-state index contributed by atoms with van der Waals surface area (Å²) in [5.74, 6) is 0.0227. The summed E-state index contributed by atoms with van der Waals surface area (Å²) < 4.78 is 2.02. The molecule has 1 saturated carbocycles. The molecule has 2 aromatic rings. The summed E-state index contributed by atoms with van der Waals surface area (Å²) in [6.45, 7) is 0.644. The summed E-state index contributed by atoms with van der Waals surface area (Å²) in [5.41, 5.74) is 8.19. The summed E-state index contributed by atoms with van der Waals surface area (Å²) in [7, 11) is 1.83. The van der Waals surface area contributed by atoms with Crippen LogP contribution in [-0.2, 0) is 6.42 Å². The molecule has 1 fully saturated rings. The Balaban J connectivity index is 1.67. The second kappa shape index (κ2) is 5.60. The normalized spacial score (nSPS) is 14.1. The molecule has 0 radical (unpaired) electrons. The zero-order valence-electron chi connectivity index (χ0n) is 12.2. The van der Waals surface area contributed by atoms with Crippen LogP contribution < -0.4 is 5.73 Å². The van der Waals surface area contributed by atoms with E-state index in [4.69, 9.17) is 5.73 Å². The Hall–Kier alpha value is -2.30. The van der Waals surface area contributed by atoms with E-state index in [1.54, 1.807) is 17.2 Å². The van der Waals surface area contributed by atoms with Crippen molar-refractivity contribution in [3.05, 3.63) is 48.0 Å². The Kier molecular flexibility index (Phi) is 3.64. The average Bonchev–Trinajstić information content (AvgIpc) is 3.27. The Morgan fingerprint density at radius 2 is 2.29 bits per heavy atom. The second-order valence-electron chi connectivity index (χ2n) is 5.59. The van der Waals surface area contributed by atoms with E-state index in [1.807, 2.05) is 36.0 Å². The van der Waals surface area contributed by atoms with E-state index in [2.05, 4.69) is 4.98 Å². The van der Waals surface area contributed by atoms with Crippen molar-refractivity contribution in [2.24, 2.45) is 0 Å². The highest BCUT2D eigenvalue weighted by molar-refractivity contribution is 5.93. The van der Waals surface area contributed by atoms with E-state index in [0.29, 0.717) is 24.0 Å². The number of amides is 1. The maximum Gasteiger partial charge on any atom is 0.270 e. The van der Waals surface area contributed by atoms with Crippen molar-refractivity contribution in [3.63, 3.8) is 0 Å². The van der Waals surface area contributed by atoms with Crippen molar-refractivity contribution in [2.75, 3.05) is 19.3 Å². The minimum absolute atomic E-state index is 0.0227. The molecule has 0 unspecified atom stereocenters. The van der Waals surface area contributed by atoms with Gasteiger partial charge in [-0.15, -0.1) is 0 Å². The number of hydrogen-bond acceptors (Lipinski definition) is 3. The van der Waals surface area contributed by atoms with Gasteiger partial charge in [-0.1, -0.05) is 6.07 Å². The van der Waals surface area contributed by atoms with E-state index >= 15 is 0 Å². The lowest BCUT2D eigenvalue weighted by Gasteiger charge is -2.18. The number of carbonyl (C=O) groups is 1. The van der Waals surface area contributed by atoms with Gasteiger partial charge in [-0.05, 0) is 31.0 Å². The summed E-state index contributed by atoms with van der Waals surface area (Å²) >= 11 is 0. The van der Waals surface area contributed by atoms with Crippen LogP contribution in [0, 0.1) is 0 Å². The molecule has 0 aromatic carbocycles. The van der Waals surface area contributed by atoms with Gasteiger partial charge in [-0.25, -0.2) is 0 Å². The Bertz CT molecular complexity index is 631. The van der Waals surface area contributed by atoms with Gasteiger partial charge in [0.15, 0.2) is 0 Å². The van der Waals surface area contributed by atoms with Crippen LogP contribution in [0.2, 0.25) is 0 Å². The molecule has 5 nitrogen and oxygen atoms in total. The predicted octanol–water partition coefficient (Wildman–Crippen LogP) is 2.11. The molecule has 2 heterocycles. The highest BCUT2D eigenvalue weighted by Gasteiger charge is 2.28.